The Morgan fingerprint density at radius 1 is 1.44 bits per heavy atom. The van der Waals surface area contributed by atoms with Crippen LogP contribution in [-0.2, 0) is 9.59 Å². The van der Waals surface area contributed by atoms with Crippen molar-refractivity contribution in [2.75, 3.05) is 6.54 Å². The summed E-state index contributed by atoms with van der Waals surface area (Å²) in [6.07, 6.45) is 2.04. The second kappa shape index (κ2) is 5.74. The van der Waals surface area contributed by atoms with Gasteiger partial charge in [0.05, 0.1) is 0 Å². The number of hydrogen-bond donors (Lipinski definition) is 1. The number of halogens is 1. The third-order valence-electron chi connectivity index (χ3n) is 3.11. The maximum absolute atomic E-state index is 12.5. The van der Waals surface area contributed by atoms with Crippen molar-refractivity contribution in [1.82, 2.24) is 10.2 Å². The van der Waals surface area contributed by atoms with E-state index in [0.717, 1.165) is 0 Å². The number of nitrogens with zero attached hydrogens (tertiary/aromatic N) is 1. The topological polar surface area (TPSA) is 49.4 Å². The van der Waals surface area contributed by atoms with Gasteiger partial charge in [-0.3, -0.25) is 9.59 Å². The van der Waals surface area contributed by atoms with Crippen LogP contribution in [0, 0.1) is 5.41 Å². The molecule has 2 amide bonds. The summed E-state index contributed by atoms with van der Waals surface area (Å²) in [7, 11) is 0. The first-order valence-electron chi connectivity index (χ1n) is 6.12. The number of carbonyl (C=O) groups is 2. The molecule has 2 atom stereocenters. The van der Waals surface area contributed by atoms with E-state index in [0.29, 0.717) is 13.0 Å². The Morgan fingerprint density at radius 2 is 2.06 bits per heavy atom. The fourth-order valence-corrected chi connectivity index (χ4v) is 2.13. The van der Waals surface area contributed by atoms with E-state index in [4.69, 9.17) is 11.6 Å². The van der Waals surface area contributed by atoms with Gasteiger partial charge in [0.25, 0.3) is 0 Å². The monoisotopic (exact) mass is 272 g/mol. The lowest BCUT2D eigenvalue weighted by atomic mass is 9.86. The van der Waals surface area contributed by atoms with E-state index >= 15 is 0 Å². The van der Waals surface area contributed by atoms with Gasteiger partial charge in [0.2, 0.25) is 11.8 Å². The normalized spacial score (nSPS) is 26.4. The lowest BCUT2D eigenvalue weighted by Crippen LogP contribution is -2.52. The van der Waals surface area contributed by atoms with Crippen LogP contribution in [-0.4, -0.2) is 35.3 Å². The summed E-state index contributed by atoms with van der Waals surface area (Å²) in [4.78, 5) is 26.0. The van der Waals surface area contributed by atoms with Crippen LogP contribution in [0.5, 0.6) is 0 Å². The second-order valence-corrected chi connectivity index (χ2v) is 6.02. The standard InChI is InChI=1S/C13H21ClN2O2/c1-9-8-10(17)15-11(13(2,3)4)12(18)16(9)7-5-6-14/h5-6,9,11H,7-8H2,1-4H3,(H,15,17)/b6-5+. The van der Waals surface area contributed by atoms with Crippen molar-refractivity contribution in [3.8, 4) is 0 Å². The van der Waals surface area contributed by atoms with Gasteiger partial charge in [-0.1, -0.05) is 38.4 Å². The van der Waals surface area contributed by atoms with Crippen LogP contribution in [0.15, 0.2) is 11.6 Å². The molecule has 4 nitrogen and oxygen atoms in total. The molecule has 1 saturated heterocycles. The molecule has 1 N–H and O–H groups in total. The summed E-state index contributed by atoms with van der Waals surface area (Å²) in [5, 5.41) is 2.82. The molecule has 1 fully saturated rings. The van der Waals surface area contributed by atoms with E-state index in [2.05, 4.69) is 5.32 Å². The molecule has 0 aliphatic carbocycles. The van der Waals surface area contributed by atoms with Crippen molar-refractivity contribution in [1.29, 1.82) is 0 Å². The third kappa shape index (κ3) is 3.48. The van der Waals surface area contributed by atoms with Crippen LogP contribution in [0.25, 0.3) is 0 Å². The van der Waals surface area contributed by atoms with Gasteiger partial charge in [-0.05, 0) is 12.3 Å². The van der Waals surface area contributed by atoms with Gasteiger partial charge < -0.3 is 10.2 Å². The highest BCUT2D eigenvalue weighted by atomic mass is 35.5. The molecule has 5 heteroatoms. The zero-order valence-electron chi connectivity index (χ0n) is 11.4. The smallest absolute Gasteiger partial charge is 0.246 e. The van der Waals surface area contributed by atoms with Crippen LogP contribution in [0.1, 0.15) is 34.1 Å². The Balaban J connectivity index is 3.01. The molecule has 1 rings (SSSR count). The summed E-state index contributed by atoms with van der Waals surface area (Å²) in [5.41, 5.74) is 1.09. The lowest BCUT2D eigenvalue weighted by molar-refractivity contribution is -0.137. The zero-order valence-corrected chi connectivity index (χ0v) is 12.1. The van der Waals surface area contributed by atoms with Gasteiger partial charge in [-0.25, -0.2) is 0 Å². The predicted molar refractivity (Wildman–Crippen MR) is 72.2 cm³/mol. The van der Waals surface area contributed by atoms with Crippen LogP contribution in [0.3, 0.4) is 0 Å². The first kappa shape index (κ1) is 15.0. The van der Waals surface area contributed by atoms with Gasteiger partial charge in [0.1, 0.15) is 6.04 Å². The largest absolute Gasteiger partial charge is 0.344 e. The predicted octanol–water partition coefficient (Wildman–Crippen LogP) is 1.89. The summed E-state index contributed by atoms with van der Waals surface area (Å²) in [5.74, 6) is -0.122. The first-order valence-corrected chi connectivity index (χ1v) is 6.56. The quantitative estimate of drug-likeness (QED) is 0.835. The molecule has 0 radical (unpaired) electrons. The highest BCUT2D eigenvalue weighted by molar-refractivity contribution is 6.25. The molecular formula is C13H21ClN2O2. The van der Waals surface area contributed by atoms with Gasteiger partial charge in [0, 0.05) is 24.5 Å². The summed E-state index contributed by atoms with van der Waals surface area (Å²) < 4.78 is 0. The molecule has 0 aromatic heterocycles. The van der Waals surface area contributed by atoms with Gasteiger partial charge >= 0.3 is 0 Å². The molecule has 1 aliphatic heterocycles. The lowest BCUT2D eigenvalue weighted by Gasteiger charge is -2.33. The molecule has 0 aromatic rings. The van der Waals surface area contributed by atoms with Crippen LogP contribution in [0.2, 0.25) is 0 Å². The van der Waals surface area contributed by atoms with Crippen molar-refractivity contribution in [3.63, 3.8) is 0 Å². The molecule has 18 heavy (non-hydrogen) atoms. The highest BCUT2D eigenvalue weighted by Gasteiger charge is 2.39. The molecule has 2 unspecified atom stereocenters. The Kier molecular flexibility index (Phi) is 4.79. The van der Waals surface area contributed by atoms with Crippen molar-refractivity contribution >= 4 is 23.4 Å². The average molecular weight is 273 g/mol. The number of hydrogen-bond acceptors (Lipinski definition) is 2. The molecule has 1 heterocycles. The van der Waals surface area contributed by atoms with Crippen LogP contribution >= 0.6 is 11.6 Å². The Morgan fingerprint density at radius 3 is 2.56 bits per heavy atom. The fourth-order valence-electron chi connectivity index (χ4n) is 2.05. The minimum atomic E-state index is -0.487. The molecule has 102 valence electrons. The van der Waals surface area contributed by atoms with Crippen LogP contribution < -0.4 is 5.32 Å². The summed E-state index contributed by atoms with van der Waals surface area (Å²) in [6.45, 7) is 8.15. The van der Waals surface area contributed by atoms with E-state index in [-0.39, 0.29) is 23.3 Å². The minimum absolute atomic E-state index is 0.0457. The van der Waals surface area contributed by atoms with E-state index in [1.54, 1.807) is 11.0 Å². The van der Waals surface area contributed by atoms with Gasteiger partial charge in [-0.2, -0.15) is 0 Å². The number of carbonyl (C=O) groups excluding carboxylic acids is 2. The fraction of sp³-hybridized carbons (Fsp3) is 0.692. The van der Waals surface area contributed by atoms with Gasteiger partial charge in [-0.15, -0.1) is 0 Å². The van der Waals surface area contributed by atoms with Crippen molar-refractivity contribution in [2.24, 2.45) is 5.41 Å². The summed E-state index contributed by atoms with van der Waals surface area (Å²) >= 11 is 5.51. The maximum Gasteiger partial charge on any atom is 0.246 e. The van der Waals surface area contributed by atoms with Crippen LogP contribution in [0.4, 0.5) is 0 Å². The number of nitrogens with one attached hydrogen (secondary N) is 1. The molecule has 0 saturated carbocycles. The first-order chi connectivity index (χ1) is 8.27. The Bertz CT molecular complexity index is 360. The Hall–Kier alpha value is -1.03. The van der Waals surface area contributed by atoms with Crippen molar-refractivity contribution < 1.29 is 9.59 Å². The molecule has 0 spiro atoms. The second-order valence-electron chi connectivity index (χ2n) is 5.77. The maximum atomic E-state index is 12.5. The van der Waals surface area contributed by atoms with E-state index in [1.807, 2.05) is 27.7 Å². The van der Waals surface area contributed by atoms with Gasteiger partial charge in [0.15, 0.2) is 0 Å². The SMILES string of the molecule is CC1CC(=O)NC(C(C)(C)C)C(=O)N1C/C=C/Cl. The number of amides is 2. The molecular weight excluding hydrogens is 252 g/mol. The minimum Gasteiger partial charge on any atom is -0.344 e. The average Bonchev–Trinajstić information content (AvgIpc) is 2.33. The van der Waals surface area contributed by atoms with Crippen molar-refractivity contribution in [2.45, 2.75) is 46.2 Å². The highest BCUT2D eigenvalue weighted by Crippen LogP contribution is 2.24. The molecule has 0 aromatic carbocycles. The summed E-state index contributed by atoms with van der Waals surface area (Å²) in [6, 6.07) is -0.601. The zero-order chi connectivity index (χ0) is 13.9. The molecule has 1 aliphatic rings. The van der Waals surface area contributed by atoms with E-state index < -0.39 is 6.04 Å². The molecule has 0 bridgehead atoms. The van der Waals surface area contributed by atoms with E-state index in [9.17, 15) is 9.59 Å². The third-order valence-corrected chi connectivity index (χ3v) is 3.28. The van der Waals surface area contributed by atoms with Crippen molar-refractivity contribution in [3.05, 3.63) is 11.6 Å². The van der Waals surface area contributed by atoms with E-state index in [1.165, 1.54) is 5.54 Å². The number of rotatable bonds is 2. The Labute approximate surface area is 113 Å².